The number of hydrogen-bond acceptors (Lipinski definition) is 5. The van der Waals surface area contributed by atoms with Crippen LogP contribution in [0.3, 0.4) is 0 Å². The number of nitrogens with zero attached hydrogens (tertiary/aromatic N) is 2. The number of morpholine rings is 1. The molecule has 1 aliphatic heterocycles. The SMILES string of the molecule is COc1ccccc1C(N)=NOCC(=O)N1CCO[C@@H](C)C1. The molecule has 2 N–H and O–H groups in total. The van der Waals surface area contributed by atoms with Crippen molar-refractivity contribution in [3.8, 4) is 5.75 Å². The van der Waals surface area contributed by atoms with Crippen molar-refractivity contribution in [2.24, 2.45) is 10.9 Å². The molecular formula is C15H21N3O4. The second-order valence-corrected chi connectivity index (χ2v) is 4.97. The zero-order valence-corrected chi connectivity index (χ0v) is 12.8. The standard InChI is InChI=1S/C15H21N3O4/c1-11-9-18(7-8-21-11)14(19)10-22-17-15(16)12-5-3-4-6-13(12)20-2/h3-6,11H,7-10H2,1-2H3,(H2,16,17)/t11-/m0/s1. The number of methoxy groups -OCH3 is 1. The van der Waals surface area contributed by atoms with E-state index in [1.165, 1.54) is 0 Å². The Balaban J connectivity index is 1.90. The maximum Gasteiger partial charge on any atom is 0.263 e. The summed E-state index contributed by atoms with van der Waals surface area (Å²) in [5.41, 5.74) is 6.48. The third-order valence-corrected chi connectivity index (χ3v) is 3.33. The second kappa shape index (κ2) is 7.65. The molecule has 0 aliphatic carbocycles. The fourth-order valence-electron chi connectivity index (χ4n) is 2.20. The summed E-state index contributed by atoms with van der Waals surface area (Å²) < 4.78 is 10.6. The molecule has 0 bridgehead atoms. The van der Waals surface area contributed by atoms with Crippen LogP contribution in [0.5, 0.6) is 5.75 Å². The van der Waals surface area contributed by atoms with Crippen LogP contribution in [0.2, 0.25) is 0 Å². The van der Waals surface area contributed by atoms with Gasteiger partial charge in [0.2, 0.25) is 0 Å². The monoisotopic (exact) mass is 307 g/mol. The first-order chi connectivity index (χ1) is 10.6. The van der Waals surface area contributed by atoms with Crippen LogP contribution in [0, 0.1) is 0 Å². The third-order valence-electron chi connectivity index (χ3n) is 3.33. The molecule has 1 saturated heterocycles. The molecule has 22 heavy (non-hydrogen) atoms. The molecule has 0 radical (unpaired) electrons. The number of para-hydroxylation sites is 1. The van der Waals surface area contributed by atoms with Gasteiger partial charge in [0.05, 0.1) is 25.4 Å². The number of carbonyl (C=O) groups is 1. The summed E-state index contributed by atoms with van der Waals surface area (Å²) in [6.07, 6.45) is 0.0415. The largest absolute Gasteiger partial charge is 0.496 e. The average molecular weight is 307 g/mol. The Kier molecular flexibility index (Phi) is 5.60. The zero-order valence-electron chi connectivity index (χ0n) is 12.8. The van der Waals surface area contributed by atoms with Crippen molar-refractivity contribution in [1.82, 2.24) is 4.90 Å². The van der Waals surface area contributed by atoms with Gasteiger partial charge in [0.1, 0.15) is 5.75 Å². The van der Waals surface area contributed by atoms with Gasteiger partial charge in [0.25, 0.3) is 5.91 Å². The lowest BCUT2D eigenvalue weighted by Gasteiger charge is -2.30. The maximum absolute atomic E-state index is 12.0. The number of benzene rings is 1. The van der Waals surface area contributed by atoms with Crippen LogP contribution in [-0.4, -0.2) is 56.2 Å². The van der Waals surface area contributed by atoms with E-state index in [1.54, 1.807) is 24.1 Å². The fraction of sp³-hybridized carbons (Fsp3) is 0.467. The Morgan fingerprint density at radius 2 is 2.27 bits per heavy atom. The lowest BCUT2D eigenvalue weighted by molar-refractivity contribution is -0.142. The number of oxime groups is 1. The van der Waals surface area contributed by atoms with Crippen LogP contribution in [0.1, 0.15) is 12.5 Å². The number of ether oxygens (including phenoxy) is 2. The van der Waals surface area contributed by atoms with E-state index >= 15 is 0 Å². The molecule has 1 aromatic carbocycles. The van der Waals surface area contributed by atoms with Crippen molar-refractivity contribution in [2.45, 2.75) is 13.0 Å². The molecule has 1 fully saturated rings. The summed E-state index contributed by atoms with van der Waals surface area (Å²) >= 11 is 0. The zero-order chi connectivity index (χ0) is 15.9. The highest BCUT2D eigenvalue weighted by atomic mass is 16.6. The number of carbonyl (C=O) groups excluding carboxylic acids is 1. The van der Waals surface area contributed by atoms with Crippen LogP contribution < -0.4 is 10.5 Å². The molecule has 0 saturated carbocycles. The van der Waals surface area contributed by atoms with Crippen molar-refractivity contribution >= 4 is 11.7 Å². The quantitative estimate of drug-likeness (QED) is 0.488. The number of amidine groups is 1. The van der Waals surface area contributed by atoms with E-state index < -0.39 is 0 Å². The first kappa shape index (κ1) is 16.1. The van der Waals surface area contributed by atoms with Crippen LogP contribution in [0.25, 0.3) is 0 Å². The van der Waals surface area contributed by atoms with Crippen LogP contribution in [0.15, 0.2) is 29.4 Å². The Morgan fingerprint density at radius 3 is 3.00 bits per heavy atom. The second-order valence-electron chi connectivity index (χ2n) is 4.97. The summed E-state index contributed by atoms with van der Waals surface area (Å²) in [6.45, 7) is 3.45. The highest BCUT2D eigenvalue weighted by molar-refractivity contribution is 5.99. The molecule has 1 atom stereocenters. The molecule has 7 nitrogen and oxygen atoms in total. The Hall–Kier alpha value is -2.28. The summed E-state index contributed by atoms with van der Waals surface area (Å²) in [5, 5.41) is 3.79. The van der Waals surface area contributed by atoms with Crippen LogP contribution in [0.4, 0.5) is 0 Å². The molecule has 1 amide bonds. The van der Waals surface area contributed by atoms with Gasteiger partial charge in [-0.25, -0.2) is 0 Å². The molecule has 2 rings (SSSR count). The van der Waals surface area contributed by atoms with Gasteiger partial charge < -0.3 is 24.9 Å². The topological polar surface area (TPSA) is 86.4 Å². The average Bonchev–Trinajstić information content (AvgIpc) is 2.54. The minimum absolute atomic E-state index is 0.0415. The minimum atomic E-state index is -0.150. The molecule has 0 aromatic heterocycles. The van der Waals surface area contributed by atoms with Gasteiger partial charge in [-0.1, -0.05) is 17.3 Å². The molecule has 7 heteroatoms. The molecule has 0 unspecified atom stereocenters. The van der Waals surface area contributed by atoms with E-state index in [9.17, 15) is 4.79 Å². The van der Waals surface area contributed by atoms with Crippen molar-refractivity contribution < 1.29 is 19.1 Å². The van der Waals surface area contributed by atoms with Gasteiger partial charge in [0.15, 0.2) is 12.4 Å². The van der Waals surface area contributed by atoms with E-state index in [1.807, 2.05) is 19.1 Å². The summed E-state index contributed by atoms with van der Waals surface area (Å²) in [7, 11) is 1.55. The third kappa shape index (κ3) is 4.11. The fourth-order valence-corrected chi connectivity index (χ4v) is 2.20. The van der Waals surface area contributed by atoms with Crippen molar-refractivity contribution in [3.63, 3.8) is 0 Å². The minimum Gasteiger partial charge on any atom is -0.496 e. The molecule has 1 heterocycles. The maximum atomic E-state index is 12.0. The summed E-state index contributed by atoms with van der Waals surface area (Å²) in [4.78, 5) is 18.8. The Bertz CT molecular complexity index is 547. The highest BCUT2D eigenvalue weighted by Gasteiger charge is 2.21. The summed E-state index contributed by atoms with van der Waals surface area (Å²) in [6, 6.07) is 7.20. The van der Waals surface area contributed by atoms with Gasteiger partial charge in [-0.15, -0.1) is 0 Å². The molecule has 1 aliphatic rings. The van der Waals surface area contributed by atoms with Crippen molar-refractivity contribution in [2.75, 3.05) is 33.4 Å². The predicted octanol–water partition coefficient (Wildman–Crippen LogP) is 0.579. The molecule has 120 valence electrons. The first-order valence-corrected chi connectivity index (χ1v) is 7.10. The number of amides is 1. The molecule has 1 aromatic rings. The van der Waals surface area contributed by atoms with Gasteiger partial charge >= 0.3 is 0 Å². The van der Waals surface area contributed by atoms with E-state index in [4.69, 9.17) is 20.0 Å². The van der Waals surface area contributed by atoms with Gasteiger partial charge in [-0.2, -0.15) is 0 Å². The highest BCUT2D eigenvalue weighted by Crippen LogP contribution is 2.16. The lowest BCUT2D eigenvalue weighted by atomic mass is 10.2. The molecular weight excluding hydrogens is 286 g/mol. The smallest absolute Gasteiger partial charge is 0.263 e. The van der Waals surface area contributed by atoms with Crippen LogP contribution >= 0.6 is 0 Å². The van der Waals surface area contributed by atoms with Crippen LogP contribution in [-0.2, 0) is 14.4 Å². The van der Waals surface area contributed by atoms with Crippen molar-refractivity contribution in [3.05, 3.63) is 29.8 Å². The molecule has 0 spiro atoms. The van der Waals surface area contributed by atoms with E-state index in [-0.39, 0.29) is 24.5 Å². The number of rotatable bonds is 5. The Labute approximate surface area is 129 Å². The Morgan fingerprint density at radius 1 is 1.50 bits per heavy atom. The van der Waals surface area contributed by atoms with Crippen molar-refractivity contribution in [1.29, 1.82) is 0 Å². The van der Waals surface area contributed by atoms with E-state index in [0.29, 0.717) is 31.0 Å². The van der Waals surface area contributed by atoms with E-state index in [0.717, 1.165) is 0 Å². The number of hydrogen-bond donors (Lipinski definition) is 1. The first-order valence-electron chi connectivity index (χ1n) is 7.10. The predicted molar refractivity (Wildman–Crippen MR) is 81.7 cm³/mol. The van der Waals surface area contributed by atoms with E-state index in [2.05, 4.69) is 5.16 Å². The van der Waals surface area contributed by atoms with Gasteiger partial charge in [0, 0.05) is 13.1 Å². The summed E-state index contributed by atoms with van der Waals surface area (Å²) in [5.74, 6) is 0.632. The van der Waals surface area contributed by atoms with Gasteiger partial charge in [-0.05, 0) is 19.1 Å². The normalized spacial score (nSPS) is 18.9. The number of nitrogens with two attached hydrogens (primary N) is 1. The van der Waals surface area contributed by atoms with Gasteiger partial charge in [-0.3, -0.25) is 4.79 Å². The lowest BCUT2D eigenvalue weighted by Crippen LogP contribution is -2.45.